The molecule has 2 aliphatic heterocycles. The molecule has 10 heteroatoms. The first kappa shape index (κ1) is 41.7. The van der Waals surface area contributed by atoms with Gasteiger partial charge < -0.3 is 40.6 Å². The van der Waals surface area contributed by atoms with Gasteiger partial charge in [0.1, 0.15) is 36.1 Å². The normalized spacial score (nSPS) is 18.6. The van der Waals surface area contributed by atoms with E-state index < -0.39 is 6.10 Å². The third kappa shape index (κ3) is 10.7. The Bertz CT molecular complexity index is 2250. The zero-order chi connectivity index (χ0) is 41.0. The van der Waals surface area contributed by atoms with Crippen LogP contribution in [-0.4, -0.2) is 47.3 Å². The molecule has 0 unspecified atom stereocenters. The van der Waals surface area contributed by atoms with Gasteiger partial charge in [-0.25, -0.2) is 0 Å². The molecule has 3 aliphatic rings. The number of carbonyl (C=O) groups excluding carboxylic acids is 1. The summed E-state index contributed by atoms with van der Waals surface area (Å²) in [6, 6.07) is 19.6. The van der Waals surface area contributed by atoms with Crippen molar-refractivity contribution in [3.05, 3.63) is 118 Å². The summed E-state index contributed by atoms with van der Waals surface area (Å²) in [7, 11) is 3.24. The average Bonchev–Trinajstić information content (AvgIpc) is 3.22. The SMILES string of the molecule is CCc1cc(O)c2c3cc(CO)c(cc13)COc1cc(ccc1OC)CCC(=O)C[C@H](C[C@H]1C=C(O)C=C[C@@H]1CCCCc1cccc(NC(N)=NC)c1)OC#CC2. The van der Waals surface area contributed by atoms with Crippen molar-refractivity contribution in [3.63, 3.8) is 0 Å². The Morgan fingerprint density at radius 1 is 1.03 bits per heavy atom. The van der Waals surface area contributed by atoms with E-state index in [-0.39, 0.29) is 55.2 Å². The minimum atomic E-state index is -0.523. The topological polar surface area (TPSA) is 156 Å². The number of nitrogens with zero attached hydrogens (tertiary/aromatic N) is 1. The number of carbonyl (C=O) groups is 1. The summed E-state index contributed by atoms with van der Waals surface area (Å²) < 4.78 is 18.2. The first-order valence-electron chi connectivity index (χ1n) is 20.2. The van der Waals surface area contributed by atoms with E-state index in [1.807, 2.05) is 55.5 Å². The fourth-order valence-corrected chi connectivity index (χ4v) is 7.98. The van der Waals surface area contributed by atoms with Gasteiger partial charge in [0.15, 0.2) is 17.5 Å². The number of phenolic OH excluding ortho intramolecular Hbond substituents is 1. The molecule has 6 N–H and O–H groups in total. The third-order valence-electron chi connectivity index (χ3n) is 11.2. The summed E-state index contributed by atoms with van der Waals surface area (Å²) in [5.74, 6) is 5.07. The lowest BCUT2D eigenvalue weighted by Gasteiger charge is -2.28. The van der Waals surface area contributed by atoms with Crippen LogP contribution in [0, 0.1) is 23.9 Å². The van der Waals surface area contributed by atoms with Crippen LogP contribution in [0.25, 0.3) is 10.8 Å². The van der Waals surface area contributed by atoms with Gasteiger partial charge in [0.25, 0.3) is 0 Å². The molecule has 0 amide bonds. The number of aliphatic hydroxyl groups is 2. The lowest BCUT2D eigenvalue weighted by Crippen LogP contribution is -2.24. The number of ketones is 1. The number of guanidine groups is 1. The Kier molecular flexibility index (Phi) is 14.4. The number of nitrogens with one attached hydrogen (secondary N) is 1. The number of methoxy groups -OCH3 is 1. The number of unbranched alkanes of at least 4 members (excludes halogenated alkanes) is 1. The van der Waals surface area contributed by atoms with Crippen LogP contribution < -0.4 is 20.5 Å². The van der Waals surface area contributed by atoms with Crippen LogP contribution >= 0.6 is 0 Å². The van der Waals surface area contributed by atoms with Crippen molar-refractivity contribution in [1.82, 2.24) is 0 Å². The van der Waals surface area contributed by atoms with E-state index in [2.05, 4.69) is 40.5 Å². The van der Waals surface area contributed by atoms with Crippen molar-refractivity contribution in [2.45, 2.75) is 90.4 Å². The number of nitrogens with two attached hydrogens (primary N) is 1. The molecule has 6 bridgehead atoms. The summed E-state index contributed by atoms with van der Waals surface area (Å²) in [5, 5.41) is 37.1. The highest BCUT2D eigenvalue weighted by Gasteiger charge is 2.27. The zero-order valence-electron chi connectivity index (χ0n) is 33.7. The summed E-state index contributed by atoms with van der Waals surface area (Å²) in [6.07, 6.45) is 14.2. The van der Waals surface area contributed by atoms with Crippen molar-refractivity contribution in [2.24, 2.45) is 22.6 Å². The Morgan fingerprint density at radius 2 is 1.90 bits per heavy atom. The quantitative estimate of drug-likeness (QED) is 0.0436. The largest absolute Gasteiger partial charge is 0.508 e. The van der Waals surface area contributed by atoms with Crippen LogP contribution in [0.4, 0.5) is 5.69 Å². The minimum absolute atomic E-state index is 0.0439. The van der Waals surface area contributed by atoms with Crippen LogP contribution in [-0.2, 0) is 48.4 Å². The highest BCUT2D eigenvalue weighted by molar-refractivity contribution is 5.93. The maximum absolute atomic E-state index is 13.6. The highest BCUT2D eigenvalue weighted by Crippen LogP contribution is 2.36. The molecule has 58 heavy (non-hydrogen) atoms. The van der Waals surface area contributed by atoms with Crippen LogP contribution in [0.1, 0.15) is 78.8 Å². The number of aliphatic hydroxyl groups excluding tert-OH is 2. The molecule has 2 heterocycles. The maximum atomic E-state index is 13.6. The van der Waals surface area contributed by atoms with E-state index in [1.54, 1.807) is 26.3 Å². The van der Waals surface area contributed by atoms with Gasteiger partial charge in [-0.3, -0.25) is 9.79 Å². The molecule has 0 radical (unpaired) electrons. The third-order valence-corrected chi connectivity index (χ3v) is 11.2. The molecular formula is C48H55N3O7. The van der Waals surface area contributed by atoms with Gasteiger partial charge in [-0.1, -0.05) is 43.5 Å². The molecule has 7 rings (SSSR count). The second-order valence-electron chi connectivity index (χ2n) is 15.1. The number of aliphatic imine (C=N–C) groups is 1. The second kappa shape index (κ2) is 20.0. The highest BCUT2D eigenvalue weighted by atomic mass is 16.5. The van der Waals surface area contributed by atoms with Crippen LogP contribution in [0.15, 0.2) is 89.6 Å². The van der Waals surface area contributed by atoms with E-state index in [1.165, 1.54) is 5.56 Å². The van der Waals surface area contributed by atoms with Crippen molar-refractivity contribution in [2.75, 3.05) is 19.5 Å². The van der Waals surface area contributed by atoms with E-state index >= 15 is 0 Å². The Hall–Kier alpha value is -5.92. The Morgan fingerprint density at radius 3 is 2.69 bits per heavy atom. The summed E-state index contributed by atoms with van der Waals surface area (Å²) in [4.78, 5) is 17.6. The van der Waals surface area contributed by atoms with Gasteiger partial charge in [0.2, 0.25) is 0 Å². The number of benzene rings is 4. The molecule has 0 saturated heterocycles. The molecule has 304 valence electrons. The van der Waals surface area contributed by atoms with E-state index in [0.29, 0.717) is 54.3 Å². The van der Waals surface area contributed by atoms with Gasteiger partial charge in [0, 0.05) is 37.6 Å². The first-order chi connectivity index (χ1) is 28.2. The van der Waals surface area contributed by atoms with Gasteiger partial charge in [-0.05, 0) is 144 Å². The van der Waals surface area contributed by atoms with Gasteiger partial charge in [0.05, 0.1) is 13.7 Å². The van der Waals surface area contributed by atoms with Crippen molar-refractivity contribution in [3.8, 4) is 29.3 Å². The van der Waals surface area contributed by atoms with Crippen LogP contribution in [0.3, 0.4) is 0 Å². The fourth-order valence-electron chi connectivity index (χ4n) is 7.98. The number of allylic oxidation sites excluding steroid dienone is 3. The maximum Gasteiger partial charge on any atom is 0.192 e. The average molecular weight is 786 g/mol. The predicted molar refractivity (Wildman–Crippen MR) is 229 cm³/mol. The molecule has 0 spiro atoms. The van der Waals surface area contributed by atoms with Crippen molar-refractivity contribution in [1.29, 1.82) is 0 Å². The monoisotopic (exact) mass is 785 g/mol. The fraction of sp³-hybridized carbons (Fsp3) is 0.375. The van der Waals surface area contributed by atoms with E-state index in [9.17, 15) is 20.1 Å². The Balaban J connectivity index is 1.23. The molecule has 0 aromatic heterocycles. The van der Waals surface area contributed by atoms with Gasteiger partial charge in [-0.2, -0.15) is 0 Å². The number of hydrogen-bond donors (Lipinski definition) is 5. The van der Waals surface area contributed by atoms with Gasteiger partial charge in [-0.15, -0.1) is 0 Å². The number of phenols is 1. The lowest BCUT2D eigenvalue weighted by molar-refractivity contribution is -0.121. The zero-order valence-corrected chi connectivity index (χ0v) is 33.7. The van der Waals surface area contributed by atoms with Crippen molar-refractivity contribution < 1.29 is 34.3 Å². The van der Waals surface area contributed by atoms with Crippen molar-refractivity contribution >= 4 is 28.2 Å². The number of aromatic hydroxyl groups is 1. The number of anilines is 1. The number of aryl methyl sites for hydroxylation is 3. The standard InChI is InChI=1S/C48H55N3O7/c1-4-33-27-45(55)42-13-8-20-57-41(24-35-23-39(53)18-16-34(35)11-6-5-9-31-10-7-12-38(21-31)51-48(49)50-2)28-40(54)17-14-32-15-19-46(56-3)47(22-32)58-30-37-26-43(33)44(42)25-36(37)29-52/h7,10,12,15-16,18-19,21-23,25-27,34-35,41,52-53,55H,4-6,9,11,13-14,17,24,28-30H2,1-3H3,(H3,49,50,51)/t34-,35+,41-/m0/s1. The molecule has 4 aromatic carbocycles. The summed E-state index contributed by atoms with van der Waals surface area (Å²) >= 11 is 0. The van der Waals surface area contributed by atoms with Crippen LogP contribution in [0.5, 0.6) is 17.2 Å². The molecule has 4 aromatic rings. The number of rotatable bonds is 11. The number of Topliss-reactive ketones (excluding diaryl/α,β-unsaturated/α-hetero) is 1. The molecule has 10 nitrogen and oxygen atoms in total. The molecule has 0 saturated carbocycles. The first-order valence-corrected chi connectivity index (χ1v) is 20.2. The second-order valence-corrected chi connectivity index (χ2v) is 15.1. The molecule has 3 atom stereocenters. The minimum Gasteiger partial charge on any atom is -0.508 e. The Labute approximate surface area is 341 Å². The number of ether oxygens (including phenoxy) is 3. The molecule has 1 aliphatic carbocycles. The molecular weight excluding hydrogens is 731 g/mol. The van der Waals surface area contributed by atoms with E-state index in [4.69, 9.17) is 19.9 Å². The molecule has 0 fully saturated rings. The summed E-state index contributed by atoms with van der Waals surface area (Å²) in [5.41, 5.74) is 12.0. The number of fused-ring (bicyclic) bond motifs is 9. The predicted octanol–water partition coefficient (Wildman–Crippen LogP) is 8.39. The smallest absolute Gasteiger partial charge is 0.192 e. The van der Waals surface area contributed by atoms with Gasteiger partial charge >= 0.3 is 0 Å². The summed E-state index contributed by atoms with van der Waals surface area (Å²) in [6.45, 7) is 2.02. The number of hydrogen-bond acceptors (Lipinski definition) is 8. The van der Waals surface area contributed by atoms with Crippen LogP contribution in [0.2, 0.25) is 0 Å². The van der Waals surface area contributed by atoms with E-state index in [0.717, 1.165) is 58.8 Å². The lowest BCUT2D eigenvalue weighted by atomic mass is 9.80.